The van der Waals surface area contributed by atoms with E-state index < -0.39 is 0 Å². The van der Waals surface area contributed by atoms with Crippen LogP contribution in [0.3, 0.4) is 0 Å². The highest BCUT2D eigenvalue weighted by Crippen LogP contribution is 2.22. The number of hydrogen-bond donors (Lipinski definition) is 1. The number of carbonyl (C=O) groups excluding carboxylic acids is 1. The van der Waals surface area contributed by atoms with E-state index in [1.165, 1.54) is 12.8 Å². The number of halogens is 1. The number of nitrogens with one attached hydrogen (secondary N) is 1. The zero-order chi connectivity index (χ0) is 18.2. The molecule has 1 aromatic heterocycles. The molecule has 138 valence electrons. The van der Waals surface area contributed by atoms with Gasteiger partial charge in [-0.25, -0.2) is 9.97 Å². The summed E-state index contributed by atoms with van der Waals surface area (Å²) in [6, 6.07) is 9.44. The van der Waals surface area contributed by atoms with Crippen molar-refractivity contribution in [1.82, 2.24) is 20.2 Å². The van der Waals surface area contributed by atoms with Gasteiger partial charge in [-0.3, -0.25) is 9.69 Å². The van der Waals surface area contributed by atoms with Gasteiger partial charge in [0.1, 0.15) is 5.82 Å². The second-order valence-corrected chi connectivity index (χ2v) is 7.22. The number of nitrogens with zero attached hydrogens (tertiary/aromatic N) is 3. The molecule has 0 aliphatic carbocycles. The van der Waals surface area contributed by atoms with Gasteiger partial charge in [-0.05, 0) is 49.4 Å². The van der Waals surface area contributed by atoms with Gasteiger partial charge in [0.05, 0.1) is 6.54 Å². The van der Waals surface area contributed by atoms with Crippen LogP contribution in [-0.4, -0.2) is 33.9 Å². The lowest BCUT2D eigenvalue weighted by Crippen LogP contribution is -2.36. The van der Waals surface area contributed by atoms with Crippen LogP contribution in [0.2, 0.25) is 5.02 Å². The summed E-state index contributed by atoms with van der Waals surface area (Å²) in [5.74, 6) is 1.51. The molecule has 2 heterocycles. The molecule has 5 nitrogen and oxygen atoms in total. The minimum Gasteiger partial charge on any atom is -0.352 e. The maximum Gasteiger partial charge on any atom is 0.220 e. The van der Waals surface area contributed by atoms with Gasteiger partial charge in [0.2, 0.25) is 5.91 Å². The summed E-state index contributed by atoms with van der Waals surface area (Å²) in [6.45, 7) is 3.36. The fourth-order valence-corrected chi connectivity index (χ4v) is 3.60. The predicted octanol–water partition coefficient (Wildman–Crippen LogP) is 3.44. The Balaban J connectivity index is 1.39. The molecule has 1 saturated heterocycles. The highest BCUT2D eigenvalue weighted by molar-refractivity contribution is 6.31. The number of carbonyl (C=O) groups is 1. The maximum atomic E-state index is 12.2. The number of benzene rings is 1. The fraction of sp³-hybridized carbons (Fsp3) is 0.450. The average Bonchev–Trinajstić information content (AvgIpc) is 2.67. The van der Waals surface area contributed by atoms with Crippen LogP contribution in [0.25, 0.3) is 0 Å². The number of rotatable bonds is 7. The first kappa shape index (κ1) is 18.8. The topological polar surface area (TPSA) is 58.1 Å². The zero-order valence-electron chi connectivity index (χ0n) is 14.9. The Morgan fingerprint density at radius 2 is 2.04 bits per heavy atom. The van der Waals surface area contributed by atoms with Crippen LogP contribution in [-0.2, 0) is 17.9 Å². The summed E-state index contributed by atoms with van der Waals surface area (Å²) in [5.41, 5.74) is 0.953. The molecular formula is C20H25ClN4O. The monoisotopic (exact) mass is 372 g/mol. The van der Waals surface area contributed by atoms with E-state index in [2.05, 4.69) is 20.2 Å². The van der Waals surface area contributed by atoms with Crippen LogP contribution in [0.15, 0.2) is 42.7 Å². The molecule has 1 aliphatic rings. The summed E-state index contributed by atoms with van der Waals surface area (Å²) in [5, 5.41) is 3.67. The van der Waals surface area contributed by atoms with Gasteiger partial charge in [0, 0.05) is 36.9 Å². The second kappa shape index (κ2) is 9.64. The van der Waals surface area contributed by atoms with Gasteiger partial charge in [-0.2, -0.15) is 0 Å². The standard InChI is InChI=1S/C20H25ClN4O/c21-18-7-2-1-6-17(18)13-24-20(26)9-8-16-5-3-12-25(14-16)15-19-22-10-4-11-23-19/h1-2,4,6-7,10-11,16H,3,5,8-9,12-15H2,(H,24,26)/t16-/m0/s1. The van der Waals surface area contributed by atoms with Crippen molar-refractivity contribution < 1.29 is 4.79 Å². The van der Waals surface area contributed by atoms with E-state index in [0.29, 0.717) is 23.9 Å². The summed E-state index contributed by atoms with van der Waals surface area (Å²) in [4.78, 5) is 23.2. The van der Waals surface area contributed by atoms with E-state index in [4.69, 9.17) is 11.6 Å². The third-order valence-corrected chi connectivity index (χ3v) is 5.17. The van der Waals surface area contributed by atoms with Crippen molar-refractivity contribution >= 4 is 17.5 Å². The van der Waals surface area contributed by atoms with E-state index in [1.54, 1.807) is 12.4 Å². The minimum atomic E-state index is 0.0911. The van der Waals surface area contributed by atoms with Crippen molar-refractivity contribution in [1.29, 1.82) is 0 Å². The summed E-state index contributed by atoms with van der Waals surface area (Å²) >= 11 is 6.12. The van der Waals surface area contributed by atoms with Crippen LogP contribution in [0.1, 0.15) is 37.1 Å². The molecule has 1 fully saturated rings. The normalized spacial score (nSPS) is 17.8. The van der Waals surface area contributed by atoms with Crippen molar-refractivity contribution in [2.45, 2.75) is 38.8 Å². The molecule has 0 radical (unpaired) electrons. The molecule has 1 N–H and O–H groups in total. The summed E-state index contributed by atoms with van der Waals surface area (Å²) in [7, 11) is 0. The summed E-state index contributed by atoms with van der Waals surface area (Å²) in [6.07, 6.45) is 7.40. The number of amides is 1. The molecule has 26 heavy (non-hydrogen) atoms. The molecule has 1 amide bonds. The SMILES string of the molecule is O=C(CC[C@@H]1CCCN(Cc2ncccn2)C1)NCc1ccccc1Cl. The Hall–Kier alpha value is -1.98. The Kier molecular flexibility index (Phi) is 6.97. The van der Waals surface area contributed by atoms with Crippen molar-refractivity contribution in [3.05, 3.63) is 59.1 Å². The van der Waals surface area contributed by atoms with E-state index in [9.17, 15) is 4.79 Å². The number of likely N-dealkylation sites (tertiary alicyclic amines) is 1. The van der Waals surface area contributed by atoms with Crippen LogP contribution in [0.5, 0.6) is 0 Å². The number of aromatic nitrogens is 2. The van der Waals surface area contributed by atoms with E-state index >= 15 is 0 Å². The molecule has 3 rings (SSSR count). The van der Waals surface area contributed by atoms with Gasteiger partial charge in [0.15, 0.2) is 0 Å². The fourth-order valence-electron chi connectivity index (χ4n) is 3.40. The average molecular weight is 373 g/mol. The first-order chi connectivity index (χ1) is 12.7. The van der Waals surface area contributed by atoms with Crippen molar-refractivity contribution in [3.8, 4) is 0 Å². The third kappa shape index (κ3) is 5.78. The molecule has 0 saturated carbocycles. The van der Waals surface area contributed by atoms with Gasteiger partial charge >= 0.3 is 0 Å². The quantitative estimate of drug-likeness (QED) is 0.808. The predicted molar refractivity (Wildman–Crippen MR) is 103 cm³/mol. The molecule has 0 unspecified atom stereocenters. The Morgan fingerprint density at radius 1 is 1.23 bits per heavy atom. The molecule has 1 aliphatic heterocycles. The van der Waals surface area contributed by atoms with E-state index in [-0.39, 0.29) is 5.91 Å². The van der Waals surface area contributed by atoms with Gasteiger partial charge in [-0.1, -0.05) is 29.8 Å². The molecule has 0 bridgehead atoms. The molecule has 1 atom stereocenters. The highest BCUT2D eigenvalue weighted by atomic mass is 35.5. The molecule has 6 heteroatoms. The second-order valence-electron chi connectivity index (χ2n) is 6.82. The summed E-state index contributed by atoms with van der Waals surface area (Å²) < 4.78 is 0. The number of hydrogen-bond acceptors (Lipinski definition) is 4. The Morgan fingerprint density at radius 3 is 2.85 bits per heavy atom. The van der Waals surface area contributed by atoms with Crippen LogP contribution >= 0.6 is 11.6 Å². The third-order valence-electron chi connectivity index (χ3n) is 4.80. The van der Waals surface area contributed by atoms with Crippen molar-refractivity contribution in [2.75, 3.05) is 13.1 Å². The lowest BCUT2D eigenvalue weighted by atomic mass is 9.93. The van der Waals surface area contributed by atoms with Crippen LogP contribution in [0, 0.1) is 5.92 Å². The van der Waals surface area contributed by atoms with Crippen LogP contribution in [0.4, 0.5) is 0 Å². The van der Waals surface area contributed by atoms with Gasteiger partial charge in [0.25, 0.3) is 0 Å². The van der Waals surface area contributed by atoms with E-state index in [1.807, 2.05) is 30.3 Å². The van der Waals surface area contributed by atoms with Gasteiger partial charge < -0.3 is 5.32 Å². The first-order valence-electron chi connectivity index (χ1n) is 9.19. The largest absolute Gasteiger partial charge is 0.352 e. The lowest BCUT2D eigenvalue weighted by molar-refractivity contribution is -0.121. The Bertz CT molecular complexity index is 710. The van der Waals surface area contributed by atoms with Gasteiger partial charge in [-0.15, -0.1) is 0 Å². The smallest absolute Gasteiger partial charge is 0.220 e. The van der Waals surface area contributed by atoms with E-state index in [0.717, 1.165) is 37.4 Å². The van der Waals surface area contributed by atoms with Crippen LogP contribution < -0.4 is 5.32 Å². The molecular weight excluding hydrogens is 348 g/mol. The molecule has 0 spiro atoms. The highest BCUT2D eigenvalue weighted by Gasteiger charge is 2.21. The molecule has 1 aromatic carbocycles. The maximum absolute atomic E-state index is 12.2. The van der Waals surface area contributed by atoms with Crippen molar-refractivity contribution in [2.24, 2.45) is 5.92 Å². The zero-order valence-corrected chi connectivity index (χ0v) is 15.7. The van der Waals surface area contributed by atoms with Crippen molar-refractivity contribution in [3.63, 3.8) is 0 Å². The lowest BCUT2D eigenvalue weighted by Gasteiger charge is -2.32. The first-order valence-corrected chi connectivity index (χ1v) is 9.57. The molecule has 2 aromatic rings. The number of piperidine rings is 1. The Labute approximate surface area is 159 Å². The minimum absolute atomic E-state index is 0.0911.